The molecule has 0 saturated carbocycles. The van der Waals surface area contributed by atoms with Crippen molar-refractivity contribution in [1.29, 1.82) is 0 Å². The average molecular weight is 411 g/mol. The van der Waals surface area contributed by atoms with Gasteiger partial charge in [0.2, 0.25) is 15.9 Å². The summed E-state index contributed by atoms with van der Waals surface area (Å²) >= 11 is 5.72. The van der Waals surface area contributed by atoms with Gasteiger partial charge in [-0.2, -0.15) is 0 Å². The molecule has 0 aliphatic carbocycles. The summed E-state index contributed by atoms with van der Waals surface area (Å²) in [5.74, 6) is -2.34. The van der Waals surface area contributed by atoms with E-state index < -0.39 is 39.3 Å². The summed E-state index contributed by atoms with van der Waals surface area (Å²) in [5, 5.41) is 6.93. The lowest BCUT2D eigenvalue weighted by molar-refractivity contribution is -0.132. The molecule has 3 N–H and O–H groups in total. The largest absolute Gasteiger partial charge is 0.452 e. The Morgan fingerprint density at radius 3 is 2.33 bits per heavy atom. The van der Waals surface area contributed by atoms with Gasteiger partial charge in [0.05, 0.1) is 17.0 Å². The number of ether oxygens (including phenoxy) is 1. The fourth-order valence-electron chi connectivity index (χ4n) is 2.08. The van der Waals surface area contributed by atoms with Crippen LogP contribution >= 0.6 is 11.6 Å². The Morgan fingerprint density at radius 2 is 1.70 bits per heavy atom. The Balaban J connectivity index is 1.91. The zero-order valence-electron chi connectivity index (χ0n) is 13.8. The normalized spacial score (nSPS) is 10.9. The fourth-order valence-corrected chi connectivity index (χ4v) is 3.15. The first-order valence-electron chi connectivity index (χ1n) is 7.53. The van der Waals surface area contributed by atoms with Gasteiger partial charge in [-0.15, -0.1) is 0 Å². The van der Waals surface area contributed by atoms with E-state index in [1.807, 2.05) is 0 Å². The number of nitrogens with one attached hydrogen (secondary N) is 1. The Bertz CT molecular complexity index is 976. The van der Waals surface area contributed by atoms with Crippen LogP contribution in [-0.4, -0.2) is 32.8 Å². The number of amides is 2. The third kappa shape index (κ3) is 6.17. The van der Waals surface area contributed by atoms with E-state index >= 15 is 0 Å². The zero-order valence-corrected chi connectivity index (χ0v) is 15.4. The van der Waals surface area contributed by atoms with Crippen molar-refractivity contribution in [2.24, 2.45) is 5.14 Å². The van der Waals surface area contributed by atoms with Crippen LogP contribution in [0.3, 0.4) is 0 Å². The summed E-state index contributed by atoms with van der Waals surface area (Å²) in [6.45, 7) is -0.716. The maximum atomic E-state index is 12.0. The van der Waals surface area contributed by atoms with Crippen LogP contribution in [0.5, 0.6) is 0 Å². The lowest BCUT2D eigenvalue weighted by Crippen LogP contribution is -2.35. The van der Waals surface area contributed by atoms with Gasteiger partial charge >= 0.3 is 5.97 Å². The van der Waals surface area contributed by atoms with Crippen molar-refractivity contribution in [3.63, 3.8) is 0 Å². The van der Waals surface area contributed by atoms with E-state index in [0.29, 0.717) is 0 Å². The number of sulfonamides is 1. The van der Waals surface area contributed by atoms with Crippen molar-refractivity contribution in [3.8, 4) is 0 Å². The molecule has 0 spiro atoms. The van der Waals surface area contributed by atoms with Crippen molar-refractivity contribution in [2.45, 2.75) is 11.3 Å². The smallest absolute Gasteiger partial charge is 0.338 e. The molecule has 0 aromatic heterocycles. The molecular weight excluding hydrogens is 396 g/mol. The van der Waals surface area contributed by atoms with Crippen molar-refractivity contribution in [2.75, 3.05) is 6.61 Å². The van der Waals surface area contributed by atoms with Crippen LogP contribution in [0.4, 0.5) is 0 Å². The number of hydrogen-bond acceptors (Lipinski definition) is 6. The highest BCUT2D eigenvalue weighted by Crippen LogP contribution is 2.21. The quantitative estimate of drug-likeness (QED) is 0.683. The van der Waals surface area contributed by atoms with Gasteiger partial charge in [-0.3, -0.25) is 14.9 Å². The molecule has 0 heterocycles. The first-order chi connectivity index (χ1) is 12.7. The molecule has 0 atom stereocenters. The van der Waals surface area contributed by atoms with Gasteiger partial charge in [-0.05, 0) is 23.8 Å². The molecule has 0 fully saturated rings. The van der Waals surface area contributed by atoms with E-state index in [1.54, 1.807) is 30.3 Å². The minimum atomic E-state index is -4.13. The monoisotopic (exact) mass is 410 g/mol. The van der Waals surface area contributed by atoms with Crippen LogP contribution in [-0.2, 0) is 30.8 Å². The summed E-state index contributed by atoms with van der Waals surface area (Å²) in [5.41, 5.74) is 0.559. The number of primary sulfonamides is 1. The molecule has 8 nitrogen and oxygen atoms in total. The first kappa shape index (κ1) is 20.6. The number of rotatable bonds is 6. The molecule has 0 aliphatic heterocycles. The SMILES string of the molecule is NS(=O)(=O)c1cc(C(=O)OCC(=O)NC(=O)Cc2ccccc2)ccc1Cl. The molecule has 2 rings (SSSR count). The second kappa shape index (κ2) is 8.76. The van der Waals surface area contributed by atoms with Crippen LogP contribution in [0.1, 0.15) is 15.9 Å². The van der Waals surface area contributed by atoms with Gasteiger partial charge in [0.25, 0.3) is 5.91 Å². The van der Waals surface area contributed by atoms with Crippen LogP contribution in [0, 0.1) is 0 Å². The molecule has 0 unspecified atom stereocenters. The van der Waals surface area contributed by atoms with Crippen molar-refractivity contribution >= 4 is 39.4 Å². The van der Waals surface area contributed by atoms with E-state index in [0.717, 1.165) is 11.6 Å². The number of nitrogens with two attached hydrogens (primary N) is 1. The summed E-state index contributed by atoms with van der Waals surface area (Å²) in [6.07, 6.45) is -0.00453. The van der Waals surface area contributed by atoms with E-state index in [1.165, 1.54) is 12.1 Å². The highest BCUT2D eigenvalue weighted by molar-refractivity contribution is 7.89. The van der Waals surface area contributed by atoms with Gasteiger partial charge in [0.1, 0.15) is 4.90 Å². The van der Waals surface area contributed by atoms with Crippen LogP contribution in [0.25, 0.3) is 0 Å². The molecule has 0 radical (unpaired) electrons. The van der Waals surface area contributed by atoms with E-state index in [4.69, 9.17) is 21.5 Å². The second-order valence-corrected chi connectivity index (χ2v) is 7.34. The number of carbonyl (C=O) groups excluding carboxylic acids is 3. The second-order valence-electron chi connectivity index (χ2n) is 5.40. The molecule has 27 heavy (non-hydrogen) atoms. The molecule has 0 aliphatic rings. The average Bonchev–Trinajstić information content (AvgIpc) is 2.59. The number of imide groups is 1. The number of halogens is 1. The topological polar surface area (TPSA) is 133 Å². The third-order valence-corrected chi connectivity index (χ3v) is 4.69. The van der Waals surface area contributed by atoms with Gasteiger partial charge in [-0.1, -0.05) is 41.9 Å². The maximum absolute atomic E-state index is 12.0. The van der Waals surface area contributed by atoms with E-state index in [2.05, 4.69) is 5.32 Å². The van der Waals surface area contributed by atoms with E-state index in [9.17, 15) is 22.8 Å². The molecule has 0 bridgehead atoms. The highest BCUT2D eigenvalue weighted by Gasteiger charge is 2.18. The lowest BCUT2D eigenvalue weighted by atomic mass is 10.1. The molecular formula is C17H15ClN2O6S. The summed E-state index contributed by atoms with van der Waals surface area (Å²) in [4.78, 5) is 35.0. The summed E-state index contributed by atoms with van der Waals surface area (Å²) in [7, 11) is -4.13. The van der Waals surface area contributed by atoms with Crippen molar-refractivity contribution < 1.29 is 27.5 Å². The molecule has 2 amide bonds. The maximum Gasteiger partial charge on any atom is 0.338 e. The van der Waals surface area contributed by atoms with Gasteiger partial charge in [0.15, 0.2) is 6.61 Å². The zero-order chi connectivity index (χ0) is 20.0. The lowest BCUT2D eigenvalue weighted by Gasteiger charge is -2.08. The third-order valence-electron chi connectivity index (χ3n) is 3.29. The highest BCUT2D eigenvalue weighted by atomic mass is 35.5. The number of hydrogen-bond donors (Lipinski definition) is 2. The van der Waals surface area contributed by atoms with E-state index in [-0.39, 0.29) is 17.0 Å². The van der Waals surface area contributed by atoms with Gasteiger partial charge < -0.3 is 4.74 Å². The minimum absolute atomic E-state index is 0.00453. The molecule has 0 saturated heterocycles. The van der Waals surface area contributed by atoms with Crippen molar-refractivity contribution in [1.82, 2.24) is 5.32 Å². The first-order valence-corrected chi connectivity index (χ1v) is 9.45. The number of carbonyl (C=O) groups is 3. The fraction of sp³-hybridized carbons (Fsp3) is 0.118. The molecule has 2 aromatic carbocycles. The Morgan fingerprint density at radius 1 is 1.04 bits per heavy atom. The van der Waals surface area contributed by atoms with Crippen LogP contribution in [0.15, 0.2) is 53.4 Å². The van der Waals surface area contributed by atoms with Crippen LogP contribution in [0.2, 0.25) is 5.02 Å². The number of benzene rings is 2. The predicted octanol–water partition coefficient (Wildman–Crippen LogP) is 1.03. The Labute approximate surface area is 160 Å². The molecule has 142 valence electrons. The Hall–Kier alpha value is -2.75. The molecule has 10 heteroatoms. The van der Waals surface area contributed by atoms with Crippen LogP contribution < -0.4 is 10.5 Å². The predicted molar refractivity (Wildman–Crippen MR) is 96.4 cm³/mol. The Kier molecular flexibility index (Phi) is 6.67. The van der Waals surface area contributed by atoms with Crippen molar-refractivity contribution in [3.05, 3.63) is 64.7 Å². The summed E-state index contributed by atoms with van der Waals surface area (Å²) < 4.78 is 27.6. The number of esters is 1. The van der Waals surface area contributed by atoms with Gasteiger partial charge in [0, 0.05) is 0 Å². The van der Waals surface area contributed by atoms with Gasteiger partial charge in [-0.25, -0.2) is 18.4 Å². The molecule has 2 aromatic rings. The summed E-state index contributed by atoms with van der Waals surface area (Å²) in [6, 6.07) is 12.1. The standard InChI is InChI=1S/C17H15ClN2O6S/c18-13-7-6-12(9-14(13)27(19,24)25)17(23)26-10-16(22)20-15(21)8-11-4-2-1-3-5-11/h1-7,9H,8,10H2,(H2,19,24,25)(H,20,21,22). The minimum Gasteiger partial charge on any atom is -0.452 e.